The van der Waals surface area contributed by atoms with Crippen molar-refractivity contribution in [2.45, 2.75) is 0 Å². The van der Waals surface area contributed by atoms with Crippen molar-refractivity contribution in [3.8, 4) is 0 Å². The van der Waals surface area contributed by atoms with Crippen LogP contribution in [0.15, 0.2) is 65.9 Å². The van der Waals surface area contributed by atoms with Crippen LogP contribution < -0.4 is 5.43 Å². The number of aromatic nitrogens is 1. The van der Waals surface area contributed by atoms with Gasteiger partial charge >= 0.3 is 5.97 Å². The number of nitrogens with zero attached hydrogens (tertiary/aromatic N) is 2. The molecule has 108 valence electrons. The number of pyridine rings is 1. The maximum Gasteiger partial charge on any atom is 0.335 e. The molecular formula is C17H13N3O2. The van der Waals surface area contributed by atoms with Crippen molar-refractivity contribution in [1.29, 1.82) is 0 Å². The van der Waals surface area contributed by atoms with Crippen LogP contribution in [0.2, 0.25) is 0 Å². The first kappa shape index (κ1) is 13.8. The van der Waals surface area contributed by atoms with Gasteiger partial charge in [-0.3, -0.25) is 10.4 Å². The minimum Gasteiger partial charge on any atom is -0.478 e. The first-order valence-corrected chi connectivity index (χ1v) is 6.70. The third-order valence-corrected chi connectivity index (χ3v) is 3.19. The molecule has 5 nitrogen and oxygen atoms in total. The van der Waals surface area contributed by atoms with Crippen LogP contribution in [0.5, 0.6) is 0 Å². The van der Waals surface area contributed by atoms with Crippen LogP contribution in [0, 0.1) is 0 Å². The molecule has 0 amide bonds. The minimum atomic E-state index is -0.947. The van der Waals surface area contributed by atoms with E-state index in [1.807, 2.05) is 30.3 Å². The quantitative estimate of drug-likeness (QED) is 0.571. The summed E-state index contributed by atoms with van der Waals surface area (Å²) in [6.45, 7) is 0. The normalized spacial score (nSPS) is 10.9. The fraction of sp³-hybridized carbons (Fsp3) is 0. The van der Waals surface area contributed by atoms with E-state index in [0.29, 0.717) is 0 Å². The number of carboxylic acid groups (broad SMARTS) is 1. The fourth-order valence-electron chi connectivity index (χ4n) is 2.10. The maximum absolute atomic E-state index is 10.8. The molecule has 0 spiro atoms. The van der Waals surface area contributed by atoms with Crippen LogP contribution in [-0.2, 0) is 0 Å². The van der Waals surface area contributed by atoms with E-state index in [1.54, 1.807) is 24.5 Å². The zero-order chi connectivity index (χ0) is 15.4. The van der Waals surface area contributed by atoms with Crippen molar-refractivity contribution in [2.24, 2.45) is 5.10 Å². The summed E-state index contributed by atoms with van der Waals surface area (Å²) in [6, 6.07) is 16.2. The number of anilines is 1. The predicted octanol–water partition coefficient (Wildman–Crippen LogP) is 3.38. The van der Waals surface area contributed by atoms with E-state index >= 15 is 0 Å². The molecule has 0 saturated heterocycles. The second-order valence-corrected chi connectivity index (χ2v) is 4.67. The molecule has 0 aliphatic heterocycles. The molecule has 0 aliphatic carbocycles. The second kappa shape index (κ2) is 6.05. The molecule has 3 aromatic rings. The summed E-state index contributed by atoms with van der Waals surface area (Å²) in [7, 11) is 0. The largest absolute Gasteiger partial charge is 0.478 e. The SMILES string of the molecule is O=C(O)c1ccc(NN=Cc2cccc3cccnc23)cc1. The topological polar surface area (TPSA) is 74.6 Å². The molecular weight excluding hydrogens is 278 g/mol. The summed E-state index contributed by atoms with van der Waals surface area (Å²) in [4.78, 5) is 15.1. The average molecular weight is 291 g/mol. The summed E-state index contributed by atoms with van der Waals surface area (Å²) >= 11 is 0. The molecule has 3 rings (SSSR count). The Balaban J connectivity index is 1.77. The Morgan fingerprint density at radius 1 is 1.09 bits per heavy atom. The highest BCUT2D eigenvalue weighted by Crippen LogP contribution is 2.14. The Kier molecular flexibility index (Phi) is 3.78. The van der Waals surface area contributed by atoms with Crippen molar-refractivity contribution in [3.63, 3.8) is 0 Å². The Morgan fingerprint density at radius 3 is 2.64 bits per heavy atom. The van der Waals surface area contributed by atoms with Crippen LogP contribution >= 0.6 is 0 Å². The van der Waals surface area contributed by atoms with Gasteiger partial charge < -0.3 is 5.11 Å². The lowest BCUT2D eigenvalue weighted by molar-refractivity contribution is 0.0697. The van der Waals surface area contributed by atoms with Crippen LogP contribution in [0.1, 0.15) is 15.9 Å². The number of para-hydroxylation sites is 1. The van der Waals surface area contributed by atoms with Gasteiger partial charge in [-0.05, 0) is 30.3 Å². The zero-order valence-corrected chi connectivity index (χ0v) is 11.6. The van der Waals surface area contributed by atoms with Crippen molar-refractivity contribution >= 4 is 28.8 Å². The smallest absolute Gasteiger partial charge is 0.335 e. The van der Waals surface area contributed by atoms with E-state index in [9.17, 15) is 4.79 Å². The highest BCUT2D eigenvalue weighted by molar-refractivity contribution is 5.97. The minimum absolute atomic E-state index is 0.243. The standard InChI is InChI=1S/C17H13N3O2/c21-17(22)13-6-8-15(9-7-13)20-19-11-14-4-1-3-12-5-2-10-18-16(12)14/h1-11,20H,(H,21,22). The lowest BCUT2D eigenvalue weighted by Gasteiger charge is -2.02. The monoisotopic (exact) mass is 291 g/mol. The number of fused-ring (bicyclic) bond motifs is 1. The summed E-state index contributed by atoms with van der Waals surface area (Å²) < 4.78 is 0. The van der Waals surface area contributed by atoms with Gasteiger partial charge in [0.05, 0.1) is 23.0 Å². The number of carbonyl (C=O) groups is 1. The van der Waals surface area contributed by atoms with Crippen LogP contribution in [-0.4, -0.2) is 22.3 Å². The number of aromatic carboxylic acids is 1. The summed E-state index contributed by atoms with van der Waals surface area (Å²) in [5.41, 5.74) is 5.63. The van der Waals surface area contributed by atoms with E-state index in [-0.39, 0.29) is 5.56 Å². The van der Waals surface area contributed by atoms with Crippen molar-refractivity contribution < 1.29 is 9.90 Å². The molecule has 1 heterocycles. The number of hydrazone groups is 1. The molecule has 0 saturated carbocycles. The third-order valence-electron chi connectivity index (χ3n) is 3.19. The third kappa shape index (κ3) is 2.93. The highest BCUT2D eigenvalue weighted by atomic mass is 16.4. The van der Waals surface area contributed by atoms with Gasteiger partial charge in [0.25, 0.3) is 0 Å². The van der Waals surface area contributed by atoms with Crippen LogP contribution in [0.3, 0.4) is 0 Å². The van der Waals surface area contributed by atoms with Gasteiger partial charge in [-0.1, -0.05) is 24.3 Å². The van der Waals surface area contributed by atoms with Crippen molar-refractivity contribution in [1.82, 2.24) is 4.98 Å². The number of carboxylic acids is 1. The lowest BCUT2D eigenvalue weighted by atomic mass is 10.1. The van der Waals surface area contributed by atoms with Gasteiger partial charge in [-0.25, -0.2) is 4.79 Å². The van der Waals surface area contributed by atoms with E-state index in [2.05, 4.69) is 15.5 Å². The first-order valence-electron chi connectivity index (χ1n) is 6.70. The molecule has 0 atom stereocenters. The fourth-order valence-corrected chi connectivity index (χ4v) is 2.10. The second-order valence-electron chi connectivity index (χ2n) is 4.67. The van der Waals surface area contributed by atoms with Gasteiger partial charge in [0.1, 0.15) is 0 Å². The van der Waals surface area contributed by atoms with Crippen LogP contribution in [0.4, 0.5) is 5.69 Å². The van der Waals surface area contributed by atoms with E-state index < -0.39 is 5.97 Å². The molecule has 1 aromatic heterocycles. The molecule has 0 aliphatic rings. The van der Waals surface area contributed by atoms with Gasteiger partial charge in [0.15, 0.2) is 0 Å². The van der Waals surface area contributed by atoms with E-state index in [4.69, 9.17) is 5.11 Å². The summed E-state index contributed by atoms with van der Waals surface area (Å²) in [5.74, 6) is -0.947. The first-order chi connectivity index (χ1) is 10.7. The van der Waals surface area contributed by atoms with Crippen molar-refractivity contribution in [2.75, 3.05) is 5.43 Å². The van der Waals surface area contributed by atoms with E-state index in [1.165, 1.54) is 12.1 Å². The Hall–Kier alpha value is -3.21. The van der Waals surface area contributed by atoms with Gasteiger partial charge in [-0.2, -0.15) is 5.10 Å². The molecule has 2 aromatic carbocycles. The van der Waals surface area contributed by atoms with Crippen LogP contribution in [0.25, 0.3) is 10.9 Å². The maximum atomic E-state index is 10.8. The Labute approximate surface area is 126 Å². The molecule has 0 bridgehead atoms. The number of hydrogen-bond donors (Lipinski definition) is 2. The number of nitrogens with one attached hydrogen (secondary N) is 1. The van der Waals surface area contributed by atoms with Gasteiger partial charge in [0.2, 0.25) is 0 Å². The number of benzene rings is 2. The average Bonchev–Trinajstić information content (AvgIpc) is 2.55. The Morgan fingerprint density at radius 2 is 1.86 bits per heavy atom. The molecule has 5 heteroatoms. The molecule has 22 heavy (non-hydrogen) atoms. The van der Waals surface area contributed by atoms with E-state index in [0.717, 1.165) is 22.2 Å². The van der Waals surface area contributed by atoms with Gasteiger partial charge in [0, 0.05) is 17.1 Å². The molecule has 0 radical (unpaired) electrons. The lowest BCUT2D eigenvalue weighted by Crippen LogP contribution is -1.96. The number of hydrogen-bond acceptors (Lipinski definition) is 4. The van der Waals surface area contributed by atoms with Crippen molar-refractivity contribution in [3.05, 3.63) is 71.9 Å². The number of rotatable bonds is 4. The molecule has 0 fully saturated rings. The summed E-state index contributed by atoms with van der Waals surface area (Å²) in [6.07, 6.45) is 3.44. The zero-order valence-electron chi connectivity index (χ0n) is 11.6. The summed E-state index contributed by atoms with van der Waals surface area (Å²) in [5, 5.41) is 14.1. The molecule has 0 unspecified atom stereocenters. The Bertz CT molecular complexity index is 837. The highest BCUT2D eigenvalue weighted by Gasteiger charge is 2.01. The predicted molar refractivity (Wildman–Crippen MR) is 86.4 cm³/mol. The van der Waals surface area contributed by atoms with Gasteiger partial charge in [-0.15, -0.1) is 0 Å². The molecule has 2 N–H and O–H groups in total.